The molecule has 0 radical (unpaired) electrons. The monoisotopic (exact) mass is 293 g/mol. The molecule has 0 aliphatic heterocycles. The van der Waals surface area contributed by atoms with E-state index in [0.717, 1.165) is 17.0 Å². The third kappa shape index (κ3) is 3.04. The SMILES string of the molecule is CCc1nc(NC(=O)c2n[nH]c(C(C)(C)C)n2)sc1C. The highest BCUT2D eigenvalue weighted by Gasteiger charge is 2.22. The molecular formula is C13H19N5OS. The standard InChI is InChI=1S/C13H19N5OS/c1-6-8-7(2)20-12(14-8)16-10(19)9-15-11(18-17-9)13(3,4)5/h6H2,1-5H3,(H,14,16,19)(H,15,17,18). The molecule has 108 valence electrons. The number of rotatable bonds is 3. The molecular weight excluding hydrogens is 274 g/mol. The third-order valence-electron chi connectivity index (χ3n) is 2.85. The molecule has 0 atom stereocenters. The third-order valence-corrected chi connectivity index (χ3v) is 3.78. The Hall–Kier alpha value is -1.76. The molecule has 20 heavy (non-hydrogen) atoms. The maximum absolute atomic E-state index is 12.1. The van der Waals surface area contributed by atoms with Crippen LogP contribution in [0.1, 0.15) is 54.7 Å². The first-order chi connectivity index (χ1) is 9.31. The van der Waals surface area contributed by atoms with Crippen LogP contribution in [0.5, 0.6) is 0 Å². The van der Waals surface area contributed by atoms with Crippen molar-refractivity contribution in [2.24, 2.45) is 0 Å². The lowest BCUT2D eigenvalue weighted by atomic mass is 9.96. The topological polar surface area (TPSA) is 83.6 Å². The Bertz CT molecular complexity index is 623. The zero-order valence-corrected chi connectivity index (χ0v) is 13.2. The number of aromatic nitrogens is 4. The molecule has 2 heterocycles. The molecule has 0 bridgehead atoms. The van der Waals surface area contributed by atoms with Crippen molar-refractivity contribution in [2.75, 3.05) is 5.32 Å². The summed E-state index contributed by atoms with van der Waals surface area (Å²) in [6.07, 6.45) is 0.854. The Morgan fingerprint density at radius 3 is 2.55 bits per heavy atom. The molecule has 0 saturated carbocycles. The minimum Gasteiger partial charge on any atom is -0.295 e. The Labute approximate surface area is 122 Å². The zero-order chi connectivity index (χ0) is 14.9. The van der Waals surface area contributed by atoms with Crippen molar-refractivity contribution in [1.82, 2.24) is 20.2 Å². The maximum atomic E-state index is 12.1. The van der Waals surface area contributed by atoms with Crippen molar-refractivity contribution in [3.63, 3.8) is 0 Å². The van der Waals surface area contributed by atoms with E-state index in [2.05, 4.69) is 25.5 Å². The Kier molecular flexibility index (Phi) is 3.89. The van der Waals surface area contributed by atoms with Gasteiger partial charge in [-0.05, 0) is 13.3 Å². The van der Waals surface area contributed by atoms with Crippen molar-refractivity contribution >= 4 is 22.4 Å². The van der Waals surface area contributed by atoms with Crippen LogP contribution in [-0.4, -0.2) is 26.1 Å². The van der Waals surface area contributed by atoms with Gasteiger partial charge in [-0.2, -0.15) is 0 Å². The molecule has 0 fully saturated rings. The van der Waals surface area contributed by atoms with Gasteiger partial charge in [0.05, 0.1) is 5.69 Å². The molecule has 2 rings (SSSR count). The van der Waals surface area contributed by atoms with Gasteiger partial charge in [0.1, 0.15) is 5.82 Å². The van der Waals surface area contributed by atoms with Gasteiger partial charge in [0.25, 0.3) is 5.91 Å². The lowest BCUT2D eigenvalue weighted by molar-refractivity contribution is 0.101. The van der Waals surface area contributed by atoms with E-state index in [0.29, 0.717) is 11.0 Å². The molecule has 0 aliphatic carbocycles. The van der Waals surface area contributed by atoms with Crippen LogP contribution in [0.3, 0.4) is 0 Å². The first kappa shape index (κ1) is 14.6. The average Bonchev–Trinajstić information content (AvgIpc) is 2.95. The van der Waals surface area contributed by atoms with Crippen LogP contribution in [0.2, 0.25) is 0 Å². The number of aryl methyl sites for hydroxylation is 2. The Morgan fingerprint density at radius 1 is 1.35 bits per heavy atom. The van der Waals surface area contributed by atoms with Gasteiger partial charge in [0.15, 0.2) is 5.13 Å². The van der Waals surface area contributed by atoms with Crippen LogP contribution < -0.4 is 5.32 Å². The second-order valence-corrected chi connectivity index (χ2v) is 6.79. The van der Waals surface area contributed by atoms with Crippen LogP contribution in [0.25, 0.3) is 0 Å². The predicted octanol–water partition coefficient (Wildman–Crippen LogP) is 2.68. The van der Waals surface area contributed by atoms with Crippen LogP contribution in [0.4, 0.5) is 5.13 Å². The highest BCUT2D eigenvalue weighted by atomic mass is 32.1. The van der Waals surface area contributed by atoms with Gasteiger partial charge in [0.2, 0.25) is 5.82 Å². The summed E-state index contributed by atoms with van der Waals surface area (Å²) in [6.45, 7) is 10.1. The number of aromatic amines is 1. The summed E-state index contributed by atoms with van der Waals surface area (Å²) < 4.78 is 0. The van der Waals surface area contributed by atoms with Crippen molar-refractivity contribution in [2.45, 2.75) is 46.5 Å². The number of nitrogens with one attached hydrogen (secondary N) is 2. The number of hydrogen-bond donors (Lipinski definition) is 2. The largest absolute Gasteiger partial charge is 0.297 e. The highest BCUT2D eigenvalue weighted by Crippen LogP contribution is 2.23. The maximum Gasteiger partial charge on any atom is 0.297 e. The van der Waals surface area contributed by atoms with Gasteiger partial charge in [-0.25, -0.2) is 9.97 Å². The summed E-state index contributed by atoms with van der Waals surface area (Å²) in [6, 6.07) is 0. The molecule has 0 saturated heterocycles. The number of thiazole rings is 1. The van der Waals surface area contributed by atoms with Crippen molar-refractivity contribution in [3.05, 3.63) is 22.2 Å². The number of amides is 1. The molecule has 2 aromatic rings. The number of carbonyl (C=O) groups excluding carboxylic acids is 1. The summed E-state index contributed by atoms with van der Waals surface area (Å²) in [5, 5.41) is 10.1. The number of hydrogen-bond acceptors (Lipinski definition) is 5. The lowest BCUT2D eigenvalue weighted by Gasteiger charge is -2.12. The molecule has 7 heteroatoms. The van der Waals surface area contributed by atoms with Crippen molar-refractivity contribution in [3.8, 4) is 0 Å². The van der Waals surface area contributed by atoms with Gasteiger partial charge in [-0.3, -0.25) is 15.2 Å². The van der Waals surface area contributed by atoms with Crippen LogP contribution in [-0.2, 0) is 11.8 Å². The van der Waals surface area contributed by atoms with Crippen molar-refractivity contribution < 1.29 is 4.79 Å². The molecule has 1 amide bonds. The molecule has 0 aromatic carbocycles. The molecule has 0 spiro atoms. The fourth-order valence-corrected chi connectivity index (χ4v) is 2.56. The Balaban J connectivity index is 2.13. The number of carbonyl (C=O) groups is 1. The van der Waals surface area contributed by atoms with E-state index >= 15 is 0 Å². The van der Waals surface area contributed by atoms with E-state index in [1.54, 1.807) is 0 Å². The van der Waals surface area contributed by atoms with E-state index in [9.17, 15) is 4.79 Å². The van der Waals surface area contributed by atoms with Gasteiger partial charge in [0, 0.05) is 10.3 Å². The average molecular weight is 293 g/mol. The molecule has 0 aliphatic rings. The first-order valence-corrected chi connectivity index (χ1v) is 7.33. The van der Waals surface area contributed by atoms with Crippen LogP contribution >= 0.6 is 11.3 Å². The number of nitrogens with zero attached hydrogens (tertiary/aromatic N) is 3. The number of anilines is 1. The van der Waals surface area contributed by atoms with Gasteiger partial charge in [-0.15, -0.1) is 16.4 Å². The van der Waals surface area contributed by atoms with E-state index in [-0.39, 0.29) is 17.1 Å². The van der Waals surface area contributed by atoms with E-state index in [1.807, 2.05) is 34.6 Å². The number of H-pyrrole nitrogens is 1. The first-order valence-electron chi connectivity index (χ1n) is 6.51. The van der Waals surface area contributed by atoms with Gasteiger partial charge < -0.3 is 0 Å². The van der Waals surface area contributed by atoms with Crippen LogP contribution in [0, 0.1) is 6.92 Å². The molecule has 2 aromatic heterocycles. The van der Waals surface area contributed by atoms with E-state index in [4.69, 9.17) is 0 Å². The van der Waals surface area contributed by atoms with E-state index < -0.39 is 0 Å². The summed E-state index contributed by atoms with van der Waals surface area (Å²) in [4.78, 5) is 21.8. The molecule has 6 nitrogen and oxygen atoms in total. The minimum absolute atomic E-state index is 0.140. The predicted molar refractivity (Wildman–Crippen MR) is 79.3 cm³/mol. The van der Waals surface area contributed by atoms with Gasteiger partial charge in [-0.1, -0.05) is 27.7 Å². The smallest absolute Gasteiger partial charge is 0.295 e. The van der Waals surface area contributed by atoms with Crippen LogP contribution in [0.15, 0.2) is 0 Å². The fourth-order valence-electron chi connectivity index (χ4n) is 1.66. The summed E-state index contributed by atoms with van der Waals surface area (Å²) in [7, 11) is 0. The summed E-state index contributed by atoms with van der Waals surface area (Å²) in [5.41, 5.74) is 0.842. The normalized spacial score (nSPS) is 11.7. The second kappa shape index (κ2) is 5.32. The quantitative estimate of drug-likeness (QED) is 0.911. The second-order valence-electron chi connectivity index (χ2n) is 5.59. The van der Waals surface area contributed by atoms with Gasteiger partial charge >= 0.3 is 0 Å². The molecule has 2 N–H and O–H groups in total. The molecule has 0 unspecified atom stereocenters. The minimum atomic E-state index is -0.340. The fraction of sp³-hybridized carbons (Fsp3) is 0.538. The van der Waals surface area contributed by atoms with E-state index in [1.165, 1.54) is 11.3 Å². The van der Waals surface area contributed by atoms with Crippen molar-refractivity contribution in [1.29, 1.82) is 0 Å². The highest BCUT2D eigenvalue weighted by molar-refractivity contribution is 7.15. The lowest BCUT2D eigenvalue weighted by Crippen LogP contribution is -2.16. The summed E-state index contributed by atoms with van der Waals surface area (Å²) in [5.74, 6) is 0.487. The zero-order valence-electron chi connectivity index (χ0n) is 12.4. The Morgan fingerprint density at radius 2 is 2.05 bits per heavy atom. The summed E-state index contributed by atoms with van der Waals surface area (Å²) >= 11 is 1.47.